The van der Waals surface area contributed by atoms with Gasteiger partial charge in [-0.3, -0.25) is 9.78 Å². The van der Waals surface area contributed by atoms with Crippen LogP contribution < -0.4 is 5.32 Å². The predicted octanol–water partition coefficient (Wildman–Crippen LogP) is 6.83. The van der Waals surface area contributed by atoms with Crippen molar-refractivity contribution in [2.24, 2.45) is 0 Å². The normalized spacial score (nSPS) is 15.6. The fourth-order valence-electron chi connectivity index (χ4n) is 5.57. The zero-order chi connectivity index (χ0) is 24.5. The molecule has 0 radical (unpaired) electrons. The first kappa shape index (κ1) is 23.0. The van der Waals surface area contributed by atoms with E-state index < -0.39 is 0 Å². The molecule has 36 heavy (non-hydrogen) atoms. The summed E-state index contributed by atoms with van der Waals surface area (Å²) in [5.41, 5.74) is 8.63. The smallest absolute Gasteiger partial charge is 0.194 e. The van der Waals surface area contributed by atoms with Crippen LogP contribution in [-0.2, 0) is 0 Å². The summed E-state index contributed by atoms with van der Waals surface area (Å²) in [6.45, 7) is 4.08. The molecule has 1 N–H and O–H groups in total. The second-order valence-electron chi connectivity index (χ2n) is 9.54. The molecular formula is C31H28ClN3O. The van der Waals surface area contributed by atoms with E-state index in [1.165, 1.54) is 11.1 Å². The van der Waals surface area contributed by atoms with Crippen LogP contribution in [-0.4, -0.2) is 41.8 Å². The van der Waals surface area contributed by atoms with Crippen molar-refractivity contribution in [2.75, 3.05) is 31.5 Å². The maximum Gasteiger partial charge on any atom is 0.194 e. The molecule has 0 saturated carbocycles. The molecule has 2 aliphatic rings. The van der Waals surface area contributed by atoms with Gasteiger partial charge >= 0.3 is 0 Å². The number of nitrogens with one attached hydrogen (secondary N) is 1. The Kier molecular flexibility index (Phi) is 6.30. The van der Waals surface area contributed by atoms with E-state index in [1.807, 2.05) is 66.9 Å². The second-order valence-corrected chi connectivity index (χ2v) is 9.98. The zero-order valence-electron chi connectivity index (χ0n) is 20.1. The van der Waals surface area contributed by atoms with E-state index in [-0.39, 0.29) is 5.78 Å². The van der Waals surface area contributed by atoms with Gasteiger partial charge in [0.15, 0.2) is 5.78 Å². The molecule has 1 saturated heterocycles. The van der Waals surface area contributed by atoms with Gasteiger partial charge in [-0.1, -0.05) is 65.7 Å². The number of hydrogen-bond acceptors (Lipinski definition) is 4. The molecule has 1 aromatic heterocycles. The number of carbonyl (C=O) groups excluding carboxylic acids is 1. The first-order valence-electron chi connectivity index (χ1n) is 12.6. The third kappa shape index (κ3) is 4.32. The van der Waals surface area contributed by atoms with E-state index in [2.05, 4.69) is 27.3 Å². The van der Waals surface area contributed by atoms with Crippen LogP contribution in [0.5, 0.6) is 0 Å². The van der Waals surface area contributed by atoms with E-state index in [9.17, 15) is 4.79 Å². The van der Waals surface area contributed by atoms with Crippen molar-refractivity contribution in [3.05, 3.63) is 112 Å². The number of benzene rings is 3. The lowest BCUT2D eigenvalue weighted by Crippen LogP contribution is -2.33. The van der Waals surface area contributed by atoms with Gasteiger partial charge in [0.25, 0.3) is 0 Å². The van der Waals surface area contributed by atoms with Crippen LogP contribution >= 0.6 is 11.6 Å². The third-order valence-corrected chi connectivity index (χ3v) is 7.60. The van der Waals surface area contributed by atoms with Crippen molar-refractivity contribution in [3.63, 3.8) is 0 Å². The number of nitrogens with zero attached hydrogens (tertiary/aromatic N) is 2. The van der Waals surface area contributed by atoms with Crippen molar-refractivity contribution in [2.45, 2.75) is 19.3 Å². The molecule has 0 spiro atoms. The quantitative estimate of drug-likeness (QED) is 0.272. The molecule has 4 nitrogen and oxygen atoms in total. The lowest BCUT2D eigenvalue weighted by Gasteiger charge is -2.32. The SMILES string of the molecule is O=C1c2ccccc2C(=C2CCN(CCCNc3ccnc4cc(Cl)ccc34)CC2)c2ccccc21. The van der Waals surface area contributed by atoms with Gasteiger partial charge in [-0.25, -0.2) is 0 Å². The number of halogens is 1. The molecule has 0 atom stereocenters. The molecule has 4 aromatic rings. The highest BCUT2D eigenvalue weighted by atomic mass is 35.5. The molecule has 0 bridgehead atoms. The van der Waals surface area contributed by atoms with E-state index in [1.54, 1.807) is 0 Å². The highest BCUT2D eigenvalue weighted by Gasteiger charge is 2.29. The van der Waals surface area contributed by atoms with Gasteiger partial charge < -0.3 is 10.2 Å². The molecule has 1 fully saturated rings. The van der Waals surface area contributed by atoms with Crippen LogP contribution in [0.15, 0.2) is 84.6 Å². The average molecular weight is 494 g/mol. The predicted molar refractivity (Wildman–Crippen MR) is 148 cm³/mol. The minimum Gasteiger partial charge on any atom is -0.384 e. The van der Waals surface area contributed by atoms with Gasteiger partial charge in [0, 0.05) is 53.1 Å². The molecule has 0 unspecified atom stereocenters. The monoisotopic (exact) mass is 493 g/mol. The summed E-state index contributed by atoms with van der Waals surface area (Å²) in [6.07, 6.45) is 4.98. The number of piperidine rings is 1. The number of hydrogen-bond donors (Lipinski definition) is 1. The van der Waals surface area contributed by atoms with Crippen molar-refractivity contribution < 1.29 is 4.79 Å². The maximum absolute atomic E-state index is 13.1. The second kappa shape index (κ2) is 9.88. The minimum atomic E-state index is 0.139. The first-order chi connectivity index (χ1) is 17.7. The molecule has 2 heterocycles. The number of likely N-dealkylation sites (tertiary alicyclic amines) is 1. The van der Waals surface area contributed by atoms with Gasteiger partial charge in [0.2, 0.25) is 0 Å². The fraction of sp³-hybridized carbons (Fsp3) is 0.226. The van der Waals surface area contributed by atoms with Crippen LogP contribution in [0.1, 0.15) is 46.3 Å². The number of rotatable bonds is 5. The van der Waals surface area contributed by atoms with Crippen LogP contribution in [0.25, 0.3) is 16.5 Å². The highest BCUT2D eigenvalue weighted by molar-refractivity contribution is 6.31. The van der Waals surface area contributed by atoms with Crippen molar-refractivity contribution >= 4 is 39.5 Å². The van der Waals surface area contributed by atoms with E-state index >= 15 is 0 Å². The molecule has 1 aliphatic carbocycles. The molecule has 5 heteroatoms. The van der Waals surface area contributed by atoms with Gasteiger partial charge in [0.05, 0.1) is 5.52 Å². The van der Waals surface area contributed by atoms with Gasteiger partial charge in [-0.15, -0.1) is 0 Å². The number of aromatic nitrogens is 1. The van der Waals surface area contributed by atoms with E-state index in [0.717, 1.165) is 84.3 Å². The summed E-state index contributed by atoms with van der Waals surface area (Å²) >= 11 is 6.12. The lowest BCUT2D eigenvalue weighted by atomic mass is 9.78. The van der Waals surface area contributed by atoms with E-state index in [4.69, 9.17) is 11.6 Å². The molecular weight excluding hydrogens is 466 g/mol. The lowest BCUT2D eigenvalue weighted by molar-refractivity contribution is 0.103. The molecule has 0 amide bonds. The Morgan fingerprint density at radius 1 is 0.861 bits per heavy atom. The summed E-state index contributed by atoms with van der Waals surface area (Å²) in [7, 11) is 0. The van der Waals surface area contributed by atoms with Crippen molar-refractivity contribution in [1.82, 2.24) is 9.88 Å². The van der Waals surface area contributed by atoms with Crippen LogP contribution in [0.2, 0.25) is 5.02 Å². The van der Waals surface area contributed by atoms with Crippen LogP contribution in [0, 0.1) is 0 Å². The fourth-order valence-corrected chi connectivity index (χ4v) is 5.73. The Balaban J connectivity index is 1.11. The number of pyridine rings is 1. The number of fused-ring (bicyclic) bond motifs is 3. The number of carbonyl (C=O) groups is 1. The topological polar surface area (TPSA) is 45.2 Å². The highest BCUT2D eigenvalue weighted by Crippen LogP contribution is 2.40. The van der Waals surface area contributed by atoms with Gasteiger partial charge in [-0.2, -0.15) is 0 Å². The largest absolute Gasteiger partial charge is 0.384 e. The molecule has 3 aromatic carbocycles. The van der Waals surface area contributed by atoms with Crippen LogP contribution in [0.4, 0.5) is 5.69 Å². The Morgan fingerprint density at radius 2 is 1.53 bits per heavy atom. The summed E-state index contributed by atoms with van der Waals surface area (Å²) in [4.78, 5) is 20.1. The Morgan fingerprint density at radius 3 is 2.22 bits per heavy atom. The zero-order valence-corrected chi connectivity index (χ0v) is 20.9. The molecule has 6 rings (SSSR count). The van der Waals surface area contributed by atoms with Gasteiger partial charge in [0.1, 0.15) is 0 Å². The summed E-state index contributed by atoms with van der Waals surface area (Å²) in [5.74, 6) is 0.139. The Hall–Kier alpha value is -3.47. The average Bonchev–Trinajstić information content (AvgIpc) is 2.92. The number of ketones is 1. The Labute approximate surface area is 216 Å². The maximum atomic E-state index is 13.1. The summed E-state index contributed by atoms with van der Waals surface area (Å²) < 4.78 is 0. The summed E-state index contributed by atoms with van der Waals surface area (Å²) in [6, 6.07) is 24.1. The summed E-state index contributed by atoms with van der Waals surface area (Å²) in [5, 5.41) is 5.39. The molecule has 180 valence electrons. The van der Waals surface area contributed by atoms with Crippen molar-refractivity contribution in [3.8, 4) is 0 Å². The minimum absolute atomic E-state index is 0.139. The third-order valence-electron chi connectivity index (χ3n) is 7.37. The Bertz CT molecular complexity index is 1430. The first-order valence-corrected chi connectivity index (χ1v) is 13.0. The van der Waals surface area contributed by atoms with Gasteiger partial charge in [-0.05, 0) is 66.8 Å². The number of anilines is 1. The molecule has 1 aliphatic heterocycles. The standard InChI is InChI=1S/C31H28ClN3O/c32-22-10-11-27-28(12-16-34-29(27)20-22)33-15-5-17-35-18-13-21(14-19-35)30-23-6-1-3-8-25(23)31(36)26-9-4-2-7-24(26)30/h1-4,6-12,16,20H,5,13-15,17-19H2,(H,33,34). The van der Waals surface area contributed by atoms with E-state index in [0.29, 0.717) is 5.02 Å². The van der Waals surface area contributed by atoms with Crippen LogP contribution in [0.3, 0.4) is 0 Å². The van der Waals surface area contributed by atoms with Crippen molar-refractivity contribution in [1.29, 1.82) is 0 Å².